The number of halogens is 1. The number of sulfonamides is 1. The summed E-state index contributed by atoms with van der Waals surface area (Å²) in [4.78, 5) is 29.7. The Morgan fingerprint density at radius 1 is 0.844 bits per heavy atom. The maximum atomic E-state index is 14.5. The summed E-state index contributed by atoms with van der Waals surface area (Å²) in [5.74, 6) is -0.375. The van der Waals surface area contributed by atoms with Gasteiger partial charge in [-0.05, 0) is 80.4 Å². The summed E-state index contributed by atoms with van der Waals surface area (Å²) in [5.41, 5.74) is 2.98. The van der Waals surface area contributed by atoms with Gasteiger partial charge >= 0.3 is 0 Å². The minimum atomic E-state index is -4.24. The van der Waals surface area contributed by atoms with Crippen molar-refractivity contribution in [2.75, 3.05) is 18.0 Å². The molecule has 4 aromatic rings. The SMILES string of the molecule is COc1ccc(S(=O)(=O)N(CC(=O)N(Cc2ccc(C)cc2)C(Cc2ccccc2)C(=O)NC(C)C)c2ccc(Cl)cc2)cc1. The van der Waals surface area contributed by atoms with Crippen LogP contribution in [0.2, 0.25) is 5.02 Å². The molecule has 10 heteroatoms. The number of amides is 2. The molecule has 0 aliphatic heterocycles. The summed E-state index contributed by atoms with van der Waals surface area (Å²) >= 11 is 6.13. The van der Waals surface area contributed by atoms with Crippen LogP contribution in [0.1, 0.15) is 30.5 Å². The first-order valence-corrected chi connectivity index (χ1v) is 16.4. The third-order valence-corrected chi connectivity index (χ3v) is 9.26. The van der Waals surface area contributed by atoms with Crippen molar-refractivity contribution in [2.45, 2.75) is 50.7 Å². The van der Waals surface area contributed by atoms with Gasteiger partial charge in [0.2, 0.25) is 11.8 Å². The van der Waals surface area contributed by atoms with E-state index in [0.29, 0.717) is 10.8 Å². The standard InChI is InChI=1S/C35H38ClN3O5S/c1-25(2)37-35(41)33(22-27-8-6-5-7-9-27)38(23-28-12-10-26(3)11-13-28)34(40)24-39(30-16-14-29(36)15-17-30)45(42,43)32-20-18-31(44-4)19-21-32/h5-21,25,33H,22-24H2,1-4H3,(H,37,41). The quantitative estimate of drug-likeness (QED) is 0.192. The molecule has 4 aromatic carbocycles. The largest absolute Gasteiger partial charge is 0.497 e. The molecule has 0 aromatic heterocycles. The molecule has 0 aliphatic rings. The van der Waals surface area contributed by atoms with E-state index in [2.05, 4.69) is 5.32 Å². The van der Waals surface area contributed by atoms with E-state index in [1.165, 1.54) is 24.1 Å². The smallest absolute Gasteiger partial charge is 0.264 e. The normalized spacial score (nSPS) is 12.0. The number of benzene rings is 4. The number of hydrogen-bond donors (Lipinski definition) is 1. The van der Waals surface area contributed by atoms with Crippen LogP contribution in [0.25, 0.3) is 0 Å². The van der Waals surface area contributed by atoms with Crippen LogP contribution in [0.4, 0.5) is 5.69 Å². The molecule has 1 unspecified atom stereocenters. The molecule has 0 aliphatic carbocycles. The lowest BCUT2D eigenvalue weighted by molar-refractivity contribution is -0.140. The zero-order valence-electron chi connectivity index (χ0n) is 25.8. The zero-order valence-corrected chi connectivity index (χ0v) is 27.4. The van der Waals surface area contributed by atoms with Crippen molar-refractivity contribution in [3.63, 3.8) is 0 Å². The molecule has 8 nitrogen and oxygen atoms in total. The first-order valence-electron chi connectivity index (χ1n) is 14.6. The Kier molecular flexibility index (Phi) is 11.3. The van der Waals surface area contributed by atoms with E-state index < -0.39 is 28.5 Å². The monoisotopic (exact) mass is 647 g/mol. The van der Waals surface area contributed by atoms with Crippen LogP contribution in [-0.4, -0.2) is 50.9 Å². The summed E-state index contributed by atoms with van der Waals surface area (Å²) in [5, 5.41) is 3.38. The van der Waals surface area contributed by atoms with Gasteiger partial charge in [0, 0.05) is 24.0 Å². The van der Waals surface area contributed by atoms with E-state index >= 15 is 0 Å². The molecule has 0 fully saturated rings. The van der Waals surface area contributed by atoms with Crippen LogP contribution in [0, 0.1) is 6.92 Å². The number of aryl methyl sites for hydroxylation is 1. The zero-order chi connectivity index (χ0) is 32.6. The number of carbonyl (C=O) groups excluding carboxylic acids is 2. The molecule has 45 heavy (non-hydrogen) atoms. The third kappa shape index (κ3) is 8.86. The lowest BCUT2D eigenvalue weighted by Crippen LogP contribution is -2.54. The van der Waals surface area contributed by atoms with E-state index in [1.807, 2.05) is 75.4 Å². The van der Waals surface area contributed by atoms with Crippen molar-refractivity contribution in [3.8, 4) is 5.75 Å². The maximum Gasteiger partial charge on any atom is 0.264 e. The molecule has 236 valence electrons. The fraction of sp³-hybridized carbons (Fsp3) is 0.257. The molecule has 0 bridgehead atoms. The van der Waals surface area contributed by atoms with Crippen molar-refractivity contribution in [1.82, 2.24) is 10.2 Å². The van der Waals surface area contributed by atoms with E-state index in [4.69, 9.17) is 16.3 Å². The van der Waals surface area contributed by atoms with Crippen LogP contribution in [0.5, 0.6) is 5.75 Å². The average Bonchev–Trinajstić information content (AvgIpc) is 3.03. The van der Waals surface area contributed by atoms with Gasteiger partial charge in [0.25, 0.3) is 10.0 Å². The maximum absolute atomic E-state index is 14.5. The van der Waals surface area contributed by atoms with Crippen LogP contribution >= 0.6 is 11.6 Å². The highest BCUT2D eigenvalue weighted by molar-refractivity contribution is 7.92. The van der Waals surface area contributed by atoms with E-state index in [1.54, 1.807) is 36.4 Å². The van der Waals surface area contributed by atoms with Crippen molar-refractivity contribution in [2.24, 2.45) is 0 Å². The third-order valence-electron chi connectivity index (χ3n) is 7.22. The molecule has 0 saturated heterocycles. The summed E-state index contributed by atoms with van der Waals surface area (Å²) in [6.45, 7) is 5.22. The van der Waals surface area contributed by atoms with Crippen LogP contribution in [-0.2, 0) is 32.6 Å². The number of rotatable bonds is 13. The van der Waals surface area contributed by atoms with Gasteiger partial charge in [0.15, 0.2) is 0 Å². The number of carbonyl (C=O) groups is 2. The second kappa shape index (κ2) is 15.1. The Bertz CT molecular complexity index is 1680. The fourth-order valence-electron chi connectivity index (χ4n) is 4.84. The number of nitrogens with zero attached hydrogens (tertiary/aromatic N) is 2. The molecular formula is C35H38ClN3O5S. The molecule has 2 amide bonds. The Hall–Kier alpha value is -4.34. The lowest BCUT2D eigenvalue weighted by Gasteiger charge is -2.34. The minimum absolute atomic E-state index is 0.0190. The van der Waals surface area contributed by atoms with Crippen molar-refractivity contribution in [3.05, 3.63) is 125 Å². The Morgan fingerprint density at radius 3 is 2.04 bits per heavy atom. The Balaban J connectivity index is 1.79. The number of nitrogens with one attached hydrogen (secondary N) is 1. The average molecular weight is 648 g/mol. The van der Waals surface area contributed by atoms with E-state index in [-0.39, 0.29) is 35.5 Å². The topological polar surface area (TPSA) is 96.0 Å². The van der Waals surface area contributed by atoms with Crippen LogP contribution in [0.15, 0.2) is 108 Å². The molecule has 1 N–H and O–H groups in total. The predicted octanol–water partition coefficient (Wildman–Crippen LogP) is 6.02. The number of methoxy groups -OCH3 is 1. The second-order valence-corrected chi connectivity index (χ2v) is 13.3. The molecule has 4 rings (SSSR count). The summed E-state index contributed by atoms with van der Waals surface area (Å²) in [7, 11) is -2.74. The summed E-state index contributed by atoms with van der Waals surface area (Å²) in [6, 6.07) is 28.2. The molecular weight excluding hydrogens is 610 g/mol. The van der Waals surface area contributed by atoms with Gasteiger partial charge in [-0.25, -0.2) is 8.42 Å². The van der Waals surface area contributed by atoms with Gasteiger partial charge in [-0.15, -0.1) is 0 Å². The predicted molar refractivity (Wildman–Crippen MR) is 178 cm³/mol. The molecule has 0 saturated carbocycles. The van der Waals surface area contributed by atoms with Gasteiger partial charge in [-0.1, -0.05) is 71.8 Å². The van der Waals surface area contributed by atoms with Crippen molar-refractivity contribution in [1.29, 1.82) is 0 Å². The van der Waals surface area contributed by atoms with E-state index in [0.717, 1.165) is 21.0 Å². The van der Waals surface area contributed by atoms with Crippen LogP contribution in [0.3, 0.4) is 0 Å². The van der Waals surface area contributed by atoms with Gasteiger partial charge in [0.05, 0.1) is 17.7 Å². The summed E-state index contributed by atoms with van der Waals surface area (Å²) < 4.78 is 34.5. The molecule has 0 radical (unpaired) electrons. The highest BCUT2D eigenvalue weighted by Gasteiger charge is 2.34. The molecule has 0 spiro atoms. The number of anilines is 1. The fourth-order valence-corrected chi connectivity index (χ4v) is 6.38. The first-order chi connectivity index (χ1) is 21.5. The first kappa shape index (κ1) is 33.6. The lowest BCUT2D eigenvalue weighted by atomic mass is 10.0. The Labute approximate surface area is 270 Å². The molecule has 0 heterocycles. The second-order valence-electron chi connectivity index (χ2n) is 11.0. The minimum Gasteiger partial charge on any atom is -0.497 e. The van der Waals surface area contributed by atoms with E-state index in [9.17, 15) is 18.0 Å². The van der Waals surface area contributed by atoms with Gasteiger partial charge in [0.1, 0.15) is 18.3 Å². The number of hydrogen-bond acceptors (Lipinski definition) is 5. The highest BCUT2D eigenvalue weighted by atomic mass is 35.5. The van der Waals surface area contributed by atoms with Crippen LogP contribution < -0.4 is 14.4 Å². The van der Waals surface area contributed by atoms with Gasteiger partial charge in [-0.3, -0.25) is 13.9 Å². The van der Waals surface area contributed by atoms with Crippen molar-refractivity contribution >= 4 is 39.1 Å². The number of ether oxygens (including phenoxy) is 1. The van der Waals surface area contributed by atoms with Gasteiger partial charge in [-0.2, -0.15) is 0 Å². The highest BCUT2D eigenvalue weighted by Crippen LogP contribution is 2.27. The molecule has 1 atom stereocenters. The van der Waals surface area contributed by atoms with Crippen molar-refractivity contribution < 1.29 is 22.7 Å². The van der Waals surface area contributed by atoms with Gasteiger partial charge < -0.3 is 15.0 Å². The summed E-state index contributed by atoms with van der Waals surface area (Å²) in [6.07, 6.45) is 0.239. The Morgan fingerprint density at radius 2 is 1.47 bits per heavy atom.